The monoisotopic (exact) mass is 193 g/mol. The molecule has 14 heavy (non-hydrogen) atoms. The van der Waals surface area contributed by atoms with E-state index >= 15 is 0 Å². The van der Waals surface area contributed by atoms with Gasteiger partial charge >= 0.3 is 0 Å². The van der Waals surface area contributed by atoms with E-state index in [4.69, 9.17) is 9.15 Å². The molecule has 1 N–H and O–H groups in total. The summed E-state index contributed by atoms with van der Waals surface area (Å²) in [6, 6.07) is 2.37. The Kier molecular flexibility index (Phi) is 2.07. The third-order valence-electron chi connectivity index (χ3n) is 3.16. The van der Waals surface area contributed by atoms with Crippen LogP contribution in [0.5, 0.6) is 0 Å². The van der Waals surface area contributed by atoms with Crippen LogP contribution in [-0.2, 0) is 11.2 Å². The van der Waals surface area contributed by atoms with Crippen molar-refractivity contribution in [1.29, 1.82) is 0 Å². The Morgan fingerprint density at radius 1 is 1.43 bits per heavy atom. The van der Waals surface area contributed by atoms with Crippen LogP contribution in [0.2, 0.25) is 0 Å². The van der Waals surface area contributed by atoms with Crippen LogP contribution in [0.1, 0.15) is 30.2 Å². The predicted octanol–water partition coefficient (Wildman–Crippen LogP) is 1.65. The molecule has 1 saturated heterocycles. The molecule has 3 heterocycles. The van der Waals surface area contributed by atoms with Gasteiger partial charge in [-0.2, -0.15) is 0 Å². The van der Waals surface area contributed by atoms with Crippen molar-refractivity contribution in [2.24, 2.45) is 0 Å². The van der Waals surface area contributed by atoms with Gasteiger partial charge < -0.3 is 14.5 Å². The zero-order valence-corrected chi connectivity index (χ0v) is 8.16. The summed E-state index contributed by atoms with van der Waals surface area (Å²) in [6.45, 7) is 1.94. The number of rotatable bonds is 1. The van der Waals surface area contributed by atoms with Gasteiger partial charge in [-0.05, 0) is 30.9 Å². The molecule has 0 saturated carbocycles. The molecule has 0 radical (unpaired) electrons. The van der Waals surface area contributed by atoms with Crippen molar-refractivity contribution in [3.05, 3.63) is 23.7 Å². The number of nitrogens with one attached hydrogen (secondary N) is 1. The molecule has 2 aliphatic heterocycles. The molecule has 2 atom stereocenters. The lowest BCUT2D eigenvalue weighted by atomic mass is 9.97. The summed E-state index contributed by atoms with van der Waals surface area (Å²) in [5.74, 6) is 1.10. The van der Waals surface area contributed by atoms with Crippen molar-refractivity contribution >= 4 is 0 Å². The maximum absolute atomic E-state index is 5.70. The van der Waals surface area contributed by atoms with Gasteiger partial charge in [-0.1, -0.05) is 0 Å². The molecule has 3 rings (SSSR count). The third-order valence-corrected chi connectivity index (χ3v) is 3.16. The van der Waals surface area contributed by atoms with E-state index in [2.05, 4.69) is 11.4 Å². The molecule has 1 fully saturated rings. The van der Waals surface area contributed by atoms with Crippen LogP contribution in [-0.4, -0.2) is 19.3 Å². The van der Waals surface area contributed by atoms with Crippen molar-refractivity contribution in [3.63, 3.8) is 0 Å². The normalized spacial score (nSPS) is 31.7. The fourth-order valence-corrected chi connectivity index (χ4v) is 2.45. The zero-order chi connectivity index (χ0) is 9.38. The minimum atomic E-state index is 0.288. The number of hydrogen-bond donors (Lipinski definition) is 1. The van der Waals surface area contributed by atoms with Crippen molar-refractivity contribution in [3.8, 4) is 0 Å². The summed E-state index contributed by atoms with van der Waals surface area (Å²) in [6.07, 6.45) is 5.52. The van der Waals surface area contributed by atoms with Crippen molar-refractivity contribution in [1.82, 2.24) is 5.32 Å². The summed E-state index contributed by atoms with van der Waals surface area (Å²) in [5.41, 5.74) is 1.35. The molecular formula is C11H15NO2. The lowest BCUT2D eigenvalue weighted by Gasteiger charge is -2.27. The highest BCUT2D eigenvalue weighted by molar-refractivity contribution is 5.24. The number of ether oxygens (including phenoxy) is 1. The highest BCUT2D eigenvalue weighted by atomic mass is 16.5. The van der Waals surface area contributed by atoms with E-state index in [0.717, 1.165) is 31.8 Å². The van der Waals surface area contributed by atoms with Gasteiger partial charge in [0.2, 0.25) is 0 Å². The Labute approximate surface area is 83.4 Å². The van der Waals surface area contributed by atoms with Gasteiger partial charge in [-0.25, -0.2) is 0 Å². The van der Waals surface area contributed by atoms with Crippen molar-refractivity contribution < 1.29 is 9.15 Å². The van der Waals surface area contributed by atoms with E-state index < -0.39 is 0 Å². The maximum Gasteiger partial charge on any atom is 0.126 e. The fourth-order valence-electron chi connectivity index (χ4n) is 2.45. The topological polar surface area (TPSA) is 34.4 Å². The molecule has 0 aromatic carbocycles. The summed E-state index contributed by atoms with van der Waals surface area (Å²) in [5, 5.41) is 3.48. The second-order valence-electron chi connectivity index (χ2n) is 4.04. The SMILES string of the molecule is c1cc2c(o1)C(C1CCCO1)NCC2. The third kappa shape index (κ3) is 1.28. The van der Waals surface area contributed by atoms with Gasteiger partial charge in [0.05, 0.1) is 18.4 Å². The number of furan rings is 1. The Morgan fingerprint density at radius 2 is 2.43 bits per heavy atom. The van der Waals surface area contributed by atoms with Crippen LogP contribution in [0.3, 0.4) is 0 Å². The average Bonchev–Trinajstić information content (AvgIpc) is 2.88. The first-order valence-corrected chi connectivity index (χ1v) is 5.36. The molecule has 1 aromatic heterocycles. The molecule has 0 amide bonds. The highest BCUT2D eigenvalue weighted by Gasteiger charge is 2.32. The second kappa shape index (κ2) is 3.41. The van der Waals surface area contributed by atoms with Crippen molar-refractivity contribution in [2.45, 2.75) is 31.4 Å². The van der Waals surface area contributed by atoms with Gasteiger partial charge in [0.15, 0.2) is 0 Å². The minimum absolute atomic E-state index is 0.288. The van der Waals surface area contributed by atoms with E-state index in [-0.39, 0.29) is 6.04 Å². The highest BCUT2D eigenvalue weighted by Crippen LogP contribution is 2.31. The largest absolute Gasteiger partial charge is 0.467 e. The second-order valence-corrected chi connectivity index (χ2v) is 4.04. The quantitative estimate of drug-likeness (QED) is 0.736. The van der Waals surface area contributed by atoms with E-state index in [1.165, 1.54) is 12.0 Å². The van der Waals surface area contributed by atoms with Gasteiger partial charge in [0.25, 0.3) is 0 Å². The van der Waals surface area contributed by atoms with E-state index in [0.29, 0.717) is 6.10 Å². The van der Waals surface area contributed by atoms with Gasteiger partial charge in [-0.15, -0.1) is 0 Å². The molecular weight excluding hydrogens is 178 g/mol. The summed E-state index contributed by atoms with van der Waals surface area (Å²) in [7, 11) is 0. The van der Waals surface area contributed by atoms with Crippen LogP contribution < -0.4 is 5.32 Å². The summed E-state index contributed by atoms with van der Waals surface area (Å²) < 4.78 is 11.2. The molecule has 3 nitrogen and oxygen atoms in total. The molecule has 1 aromatic rings. The Hall–Kier alpha value is -0.800. The van der Waals surface area contributed by atoms with Crippen LogP contribution in [0.15, 0.2) is 16.7 Å². The summed E-state index contributed by atoms with van der Waals surface area (Å²) in [4.78, 5) is 0. The first-order valence-electron chi connectivity index (χ1n) is 5.36. The smallest absolute Gasteiger partial charge is 0.126 e. The standard InChI is InChI=1S/C11H15NO2/c1-2-9(13-6-1)10-11-8(3-5-12-10)4-7-14-11/h4,7,9-10,12H,1-3,5-6H2. The van der Waals surface area contributed by atoms with Crippen LogP contribution >= 0.6 is 0 Å². The zero-order valence-electron chi connectivity index (χ0n) is 8.16. The summed E-state index contributed by atoms with van der Waals surface area (Å²) >= 11 is 0. The fraction of sp³-hybridized carbons (Fsp3) is 0.636. The van der Waals surface area contributed by atoms with Gasteiger partial charge in [0, 0.05) is 13.2 Å². The first-order chi connectivity index (χ1) is 6.95. The van der Waals surface area contributed by atoms with Gasteiger partial charge in [-0.3, -0.25) is 0 Å². The molecule has 0 bridgehead atoms. The molecule has 2 aliphatic rings. The Balaban J connectivity index is 1.88. The molecule has 3 heteroatoms. The average molecular weight is 193 g/mol. The first kappa shape index (κ1) is 8.50. The van der Waals surface area contributed by atoms with E-state index in [1.54, 1.807) is 6.26 Å². The minimum Gasteiger partial charge on any atom is -0.467 e. The van der Waals surface area contributed by atoms with Gasteiger partial charge in [0.1, 0.15) is 5.76 Å². The number of hydrogen-bond acceptors (Lipinski definition) is 3. The Bertz CT molecular complexity index is 315. The van der Waals surface area contributed by atoms with Crippen LogP contribution in [0.4, 0.5) is 0 Å². The number of fused-ring (bicyclic) bond motifs is 1. The van der Waals surface area contributed by atoms with Crippen molar-refractivity contribution in [2.75, 3.05) is 13.2 Å². The lowest BCUT2D eigenvalue weighted by Crippen LogP contribution is -2.36. The lowest BCUT2D eigenvalue weighted by molar-refractivity contribution is 0.0686. The van der Waals surface area contributed by atoms with E-state index in [1.807, 2.05) is 0 Å². The van der Waals surface area contributed by atoms with Crippen LogP contribution in [0.25, 0.3) is 0 Å². The van der Waals surface area contributed by atoms with E-state index in [9.17, 15) is 0 Å². The maximum atomic E-state index is 5.70. The van der Waals surface area contributed by atoms with Crippen LogP contribution in [0, 0.1) is 0 Å². The predicted molar refractivity (Wildman–Crippen MR) is 52.1 cm³/mol. The molecule has 76 valence electrons. The molecule has 0 aliphatic carbocycles. The Morgan fingerprint density at radius 3 is 3.29 bits per heavy atom. The molecule has 2 unspecified atom stereocenters. The molecule has 0 spiro atoms.